The van der Waals surface area contributed by atoms with Crippen molar-refractivity contribution in [1.82, 2.24) is 4.91 Å². The van der Waals surface area contributed by atoms with E-state index in [0.717, 1.165) is 0 Å². The van der Waals surface area contributed by atoms with Gasteiger partial charge < -0.3 is 5.11 Å². The maximum Gasteiger partial charge on any atom is 0.333 e. The van der Waals surface area contributed by atoms with E-state index in [-0.39, 0.29) is 12.1 Å². The van der Waals surface area contributed by atoms with Crippen LogP contribution in [0.25, 0.3) is 0 Å². The number of nitrogens with zero attached hydrogens (tertiary/aromatic N) is 2. The SMILES string of the molecule is CCC=C(CN=[N+]=N)C(=O)O. The average molecular weight is 156 g/mol. The maximum absolute atomic E-state index is 10.4. The molecule has 0 rings (SSSR count). The monoisotopic (exact) mass is 156 g/mol. The fraction of sp³-hybridized carbons (Fsp3) is 0.500. The summed E-state index contributed by atoms with van der Waals surface area (Å²) < 4.78 is 0. The molecule has 0 aromatic carbocycles. The molecule has 0 saturated carbocycles. The normalized spacial score (nSPS) is 10.5. The first-order valence-corrected chi connectivity index (χ1v) is 3.18. The fourth-order valence-corrected chi connectivity index (χ4v) is 0.577. The molecule has 0 atom stereocenters. The largest absolute Gasteiger partial charge is 0.478 e. The number of hydrogen-bond acceptors (Lipinski definition) is 3. The zero-order chi connectivity index (χ0) is 8.69. The standard InChI is InChI=1S/C6H9N3O2/c1-2-3-5(6(10)11)4-8-9-7/h3,7H,2,4H2,1H3/p+1. The molecule has 0 aliphatic carbocycles. The third-order valence-corrected chi connectivity index (χ3v) is 1.04. The summed E-state index contributed by atoms with van der Waals surface area (Å²) in [6.07, 6.45) is 2.20. The predicted octanol–water partition coefficient (Wildman–Crippen LogP) is 0.958. The van der Waals surface area contributed by atoms with Crippen molar-refractivity contribution in [3.63, 3.8) is 0 Å². The summed E-state index contributed by atoms with van der Waals surface area (Å²) in [6.45, 7) is 1.81. The van der Waals surface area contributed by atoms with E-state index < -0.39 is 5.97 Å². The zero-order valence-electron chi connectivity index (χ0n) is 6.24. The van der Waals surface area contributed by atoms with Crippen LogP contribution in [0.1, 0.15) is 13.3 Å². The molecule has 0 heterocycles. The van der Waals surface area contributed by atoms with Crippen LogP contribution in [0.2, 0.25) is 0 Å². The number of rotatable bonds is 4. The van der Waals surface area contributed by atoms with E-state index in [4.69, 9.17) is 10.6 Å². The van der Waals surface area contributed by atoms with E-state index in [0.29, 0.717) is 6.42 Å². The van der Waals surface area contributed by atoms with Gasteiger partial charge in [-0.25, -0.2) is 4.79 Å². The molecule has 60 valence electrons. The Labute approximate surface area is 64.0 Å². The summed E-state index contributed by atoms with van der Waals surface area (Å²) in [7, 11) is 0. The number of hydrogen-bond donors (Lipinski definition) is 2. The van der Waals surface area contributed by atoms with Gasteiger partial charge in [0, 0.05) is 0 Å². The molecule has 0 bridgehead atoms. The second-order valence-electron chi connectivity index (χ2n) is 1.84. The Kier molecular flexibility index (Phi) is 4.60. The molecule has 0 fully saturated rings. The molecule has 0 radical (unpaired) electrons. The molecule has 0 unspecified atom stereocenters. The maximum atomic E-state index is 10.4. The van der Waals surface area contributed by atoms with Gasteiger partial charge in [0.25, 0.3) is 0 Å². The smallest absolute Gasteiger partial charge is 0.333 e. The van der Waals surface area contributed by atoms with Gasteiger partial charge in [0.15, 0.2) is 6.54 Å². The Morgan fingerprint density at radius 2 is 2.45 bits per heavy atom. The first kappa shape index (κ1) is 9.52. The minimum Gasteiger partial charge on any atom is -0.478 e. The number of carbonyl (C=O) groups is 1. The van der Waals surface area contributed by atoms with Crippen LogP contribution in [0, 0.1) is 5.53 Å². The quantitative estimate of drug-likeness (QED) is 0.360. The predicted molar refractivity (Wildman–Crippen MR) is 38.2 cm³/mol. The van der Waals surface area contributed by atoms with Gasteiger partial charge in [0.05, 0.1) is 5.57 Å². The Morgan fingerprint density at radius 3 is 2.82 bits per heavy atom. The molecule has 0 aromatic rings. The molecular weight excluding hydrogens is 146 g/mol. The molecule has 2 N–H and O–H groups in total. The third kappa shape index (κ3) is 4.00. The van der Waals surface area contributed by atoms with Gasteiger partial charge in [0.1, 0.15) is 10.6 Å². The minimum atomic E-state index is -1.00. The Bertz CT molecular complexity index is 216. The van der Waals surface area contributed by atoms with Crippen molar-refractivity contribution in [2.45, 2.75) is 13.3 Å². The van der Waals surface area contributed by atoms with Crippen LogP contribution in [0.15, 0.2) is 16.8 Å². The molecule has 0 aliphatic rings. The van der Waals surface area contributed by atoms with Crippen LogP contribution in [-0.4, -0.2) is 17.6 Å². The zero-order valence-corrected chi connectivity index (χ0v) is 6.24. The van der Waals surface area contributed by atoms with E-state index in [9.17, 15) is 4.79 Å². The van der Waals surface area contributed by atoms with Crippen LogP contribution >= 0.6 is 0 Å². The lowest BCUT2D eigenvalue weighted by Gasteiger charge is -1.90. The molecule has 5 nitrogen and oxygen atoms in total. The van der Waals surface area contributed by atoms with Crippen molar-refractivity contribution in [2.75, 3.05) is 6.54 Å². The highest BCUT2D eigenvalue weighted by atomic mass is 16.4. The van der Waals surface area contributed by atoms with Crippen molar-refractivity contribution in [1.29, 1.82) is 5.53 Å². The second kappa shape index (κ2) is 5.32. The summed E-state index contributed by atoms with van der Waals surface area (Å²) >= 11 is 0. The lowest BCUT2D eigenvalue weighted by atomic mass is 10.2. The van der Waals surface area contributed by atoms with Gasteiger partial charge in [0.2, 0.25) is 4.91 Å². The highest BCUT2D eigenvalue weighted by Crippen LogP contribution is 1.96. The van der Waals surface area contributed by atoms with Crippen LogP contribution in [0.3, 0.4) is 0 Å². The second-order valence-corrected chi connectivity index (χ2v) is 1.84. The summed E-state index contributed by atoms with van der Waals surface area (Å²) in [5, 5.41) is 11.8. The Morgan fingerprint density at radius 1 is 1.82 bits per heavy atom. The molecule has 0 amide bonds. The lowest BCUT2D eigenvalue weighted by Crippen LogP contribution is -2.03. The van der Waals surface area contributed by atoms with Crippen molar-refractivity contribution in [2.24, 2.45) is 5.11 Å². The minimum absolute atomic E-state index is 0.0212. The molecule has 0 aromatic heterocycles. The van der Waals surface area contributed by atoms with Gasteiger partial charge in [-0.3, -0.25) is 0 Å². The highest BCUT2D eigenvalue weighted by molar-refractivity contribution is 5.86. The van der Waals surface area contributed by atoms with Crippen LogP contribution in [-0.2, 0) is 4.79 Å². The van der Waals surface area contributed by atoms with E-state index in [1.54, 1.807) is 6.08 Å². The number of carboxylic acids is 1. The van der Waals surface area contributed by atoms with E-state index in [1.807, 2.05) is 6.92 Å². The van der Waals surface area contributed by atoms with Crippen LogP contribution in [0.5, 0.6) is 0 Å². The van der Waals surface area contributed by atoms with Crippen molar-refractivity contribution in [3.8, 4) is 0 Å². The van der Waals surface area contributed by atoms with Gasteiger partial charge in [-0.2, -0.15) is 0 Å². The summed E-state index contributed by atoms with van der Waals surface area (Å²) in [4.78, 5) is 13.1. The topological polar surface area (TPSA) is 87.6 Å². The number of aliphatic carboxylic acids is 1. The van der Waals surface area contributed by atoms with Crippen molar-refractivity contribution < 1.29 is 9.90 Å². The molecule has 5 heteroatoms. The number of carboxylic acid groups (broad SMARTS) is 1. The van der Waals surface area contributed by atoms with Gasteiger partial charge in [-0.05, 0) is 6.42 Å². The summed E-state index contributed by atoms with van der Waals surface area (Å²) in [5.41, 5.74) is 6.49. The number of allylic oxidation sites excluding steroid dienone is 1. The molecule has 0 saturated heterocycles. The first-order chi connectivity index (χ1) is 5.22. The molecule has 11 heavy (non-hydrogen) atoms. The van der Waals surface area contributed by atoms with E-state index in [2.05, 4.69) is 10.0 Å². The first-order valence-electron chi connectivity index (χ1n) is 3.18. The lowest BCUT2D eigenvalue weighted by molar-refractivity contribution is -0.132. The van der Waals surface area contributed by atoms with Crippen LogP contribution < -0.4 is 4.91 Å². The van der Waals surface area contributed by atoms with Crippen molar-refractivity contribution >= 4 is 5.97 Å². The summed E-state index contributed by atoms with van der Waals surface area (Å²) in [5.74, 6) is -1.00. The van der Waals surface area contributed by atoms with Gasteiger partial charge >= 0.3 is 5.97 Å². The molecule has 0 aliphatic heterocycles. The van der Waals surface area contributed by atoms with E-state index >= 15 is 0 Å². The average Bonchev–Trinajstić information content (AvgIpc) is 1.97. The molecular formula is C6H10N3O2+. The molecule has 0 spiro atoms. The number of nitrogens with one attached hydrogen (secondary N) is 1. The van der Waals surface area contributed by atoms with Crippen LogP contribution in [0.4, 0.5) is 0 Å². The van der Waals surface area contributed by atoms with Gasteiger partial charge in [-0.1, -0.05) is 13.0 Å². The Hall–Kier alpha value is -1.48. The fourth-order valence-electron chi connectivity index (χ4n) is 0.577. The summed E-state index contributed by atoms with van der Waals surface area (Å²) in [6, 6.07) is 0. The van der Waals surface area contributed by atoms with Gasteiger partial charge in [-0.15, -0.1) is 0 Å². The highest BCUT2D eigenvalue weighted by Gasteiger charge is 2.07. The van der Waals surface area contributed by atoms with E-state index in [1.165, 1.54) is 0 Å². The third-order valence-electron chi connectivity index (χ3n) is 1.04. The Balaban J connectivity index is 4.22. The van der Waals surface area contributed by atoms with Crippen molar-refractivity contribution in [3.05, 3.63) is 11.6 Å².